The molecule has 0 aromatic carbocycles. The summed E-state index contributed by atoms with van der Waals surface area (Å²) >= 11 is 0. The summed E-state index contributed by atoms with van der Waals surface area (Å²) in [6, 6.07) is 0. The largest absolute Gasteiger partial charge is 0.315 e. The Morgan fingerprint density at radius 1 is 1.40 bits per heavy atom. The van der Waals surface area contributed by atoms with Gasteiger partial charge in [-0.1, -0.05) is 26.7 Å². The number of hydrogen-bond donors (Lipinski definition) is 2. The first kappa shape index (κ1) is 12.9. The lowest BCUT2D eigenvalue weighted by atomic mass is 10.0. The number of rotatable bonds is 6. The lowest BCUT2D eigenvalue weighted by Gasteiger charge is -2.16. The second kappa shape index (κ2) is 5.82. The van der Waals surface area contributed by atoms with Crippen molar-refractivity contribution in [3.63, 3.8) is 0 Å². The van der Waals surface area contributed by atoms with Gasteiger partial charge in [0.25, 0.3) is 0 Å². The highest BCUT2D eigenvalue weighted by molar-refractivity contribution is 7.90. The zero-order valence-electron chi connectivity index (χ0n) is 9.62. The molecule has 0 bridgehead atoms. The summed E-state index contributed by atoms with van der Waals surface area (Å²) in [6.45, 7) is 6.19. The Bertz CT molecular complexity index is 267. The molecule has 0 saturated carbocycles. The Morgan fingerprint density at radius 2 is 2.07 bits per heavy atom. The van der Waals surface area contributed by atoms with Crippen LogP contribution in [0.5, 0.6) is 0 Å². The van der Waals surface area contributed by atoms with Crippen LogP contribution in [-0.2, 0) is 10.0 Å². The molecule has 1 fully saturated rings. The zero-order valence-corrected chi connectivity index (χ0v) is 10.4. The van der Waals surface area contributed by atoms with Crippen LogP contribution >= 0.6 is 0 Å². The maximum Gasteiger partial charge on any atom is 0.215 e. The van der Waals surface area contributed by atoms with E-state index in [2.05, 4.69) is 23.9 Å². The molecule has 0 aromatic rings. The summed E-state index contributed by atoms with van der Waals surface area (Å²) in [7, 11) is -3.09. The zero-order chi connectivity index (χ0) is 11.3. The maximum absolute atomic E-state index is 11.8. The van der Waals surface area contributed by atoms with Crippen LogP contribution in [0, 0.1) is 5.92 Å². The molecular formula is C10H22N2O2S. The van der Waals surface area contributed by atoms with E-state index in [1.54, 1.807) is 0 Å². The van der Waals surface area contributed by atoms with Gasteiger partial charge in [-0.25, -0.2) is 13.1 Å². The third kappa shape index (κ3) is 3.74. The topological polar surface area (TPSA) is 58.2 Å². The molecule has 90 valence electrons. The van der Waals surface area contributed by atoms with Crippen LogP contribution in [0.3, 0.4) is 0 Å². The van der Waals surface area contributed by atoms with E-state index < -0.39 is 10.0 Å². The predicted octanol–water partition coefficient (Wildman–Crippen LogP) is 0.704. The Labute approximate surface area is 92.9 Å². The second-order valence-corrected chi connectivity index (χ2v) is 6.24. The average molecular weight is 234 g/mol. The summed E-state index contributed by atoms with van der Waals surface area (Å²) < 4.78 is 26.4. The monoisotopic (exact) mass is 234 g/mol. The van der Waals surface area contributed by atoms with E-state index in [4.69, 9.17) is 0 Å². The molecule has 1 saturated heterocycles. The average Bonchev–Trinajstić information content (AvgIpc) is 2.72. The summed E-state index contributed by atoms with van der Waals surface area (Å²) in [5, 5.41) is 2.85. The van der Waals surface area contributed by atoms with Gasteiger partial charge in [0.2, 0.25) is 10.0 Å². The van der Waals surface area contributed by atoms with Gasteiger partial charge >= 0.3 is 0 Å². The van der Waals surface area contributed by atoms with Crippen LogP contribution in [0.2, 0.25) is 0 Å². The molecule has 1 rings (SSSR count). The molecule has 0 aromatic heterocycles. The first-order valence-electron chi connectivity index (χ1n) is 5.79. The van der Waals surface area contributed by atoms with E-state index in [0.29, 0.717) is 19.0 Å². The first-order valence-corrected chi connectivity index (χ1v) is 7.34. The SMILES string of the molecule is CCC(CC)CNS(=O)(=O)C1CCNC1. The van der Waals surface area contributed by atoms with Gasteiger partial charge in [-0.2, -0.15) is 0 Å². The van der Waals surface area contributed by atoms with Crippen molar-refractivity contribution in [1.82, 2.24) is 10.0 Å². The van der Waals surface area contributed by atoms with Crippen LogP contribution in [-0.4, -0.2) is 33.3 Å². The smallest absolute Gasteiger partial charge is 0.215 e. The fourth-order valence-corrected chi connectivity index (χ4v) is 3.29. The summed E-state index contributed by atoms with van der Waals surface area (Å²) in [5.74, 6) is 0.467. The molecule has 0 aliphatic carbocycles. The van der Waals surface area contributed by atoms with E-state index >= 15 is 0 Å². The quantitative estimate of drug-likeness (QED) is 0.711. The van der Waals surface area contributed by atoms with Crippen LogP contribution in [0.4, 0.5) is 0 Å². The predicted molar refractivity (Wildman–Crippen MR) is 62.3 cm³/mol. The van der Waals surface area contributed by atoms with Gasteiger partial charge in [-0.3, -0.25) is 0 Å². The van der Waals surface area contributed by atoms with Crippen LogP contribution in [0.25, 0.3) is 0 Å². The van der Waals surface area contributed by atoms with Gasteiger partial charge in [0, 0.05) is 13.1 Å². The normalized spacial score (nSPS) is 22.5. The van der Waals surface area contributed by atoms with Crippen LogP contribution in [0.15, 0.2) is 0 Å². The number of sulfonamides is 1. The van der Waals surface area contributed by atoms with E-state index in [1.165, 1.54) is 0 Å². The fraction of sp³-hybridized carbons (Fsp3) is 1.00. The van der Waals surface area contributed by atoms with Gasteiger partial charge in [0.1, 0.15) is 0 Å². The highest BCUT2D eigenvalue weighted by Gasteiger charge is 2.28. The van der Waals surface area contributed by atoms with Crippen LogP contribution in [0.1, 0.15) is 33.1 Å². The van der Waals surface area contributed by atoms with Gasteiger partial charge in [-0.05, 0) is 18.9 Å². The van der Waals surface area contributed by atoms with E-state index in [9.17, 15) is 8.42 Å². The molecule has 1 unspecified atom stereocenters. The van der Waals surface area contributed by atoms with E-state index in [1.807, 2.05) is 0 Å². The number of hydrogen-bond acceptors (Lipinski definition) is 3. The highest BCUT2D eigenvalue weighted by atomic mass is 32.2. The fourth-order valence-electron chi connectivity index (χ4n) is 1.82. The van der Waals surface area contributed by atoms with Crippen molar-refractivity contribution >= 4 is 10.0 Å². The summed E-state index contributed by atoms with van der Waals surface area (Å²) in [5.41, 5.74) is 0. The highest BCUT2D eigenvalue weighted by Crippen LogP contribution is 2.11. The molecule has 15 heavy (non-hydrogen) atoms. The Morgan fingerprint density at radius 3 is 2.53 bits per heavy atom. The third-order valence-electron chi connectivity index (χ3n) is 3.18. The molecule has 1 atom stereocenters. The summed E-state index contributed by atoms with van der Waals surface area (Å²) in [4.78, 5) is 0. The Hall–Kier alpha value is -0.130. The second-order valence-electron chi connectivity index (χ2n) is 4.19. The molecule has 1 aliphatic heterocycles. The minimum Gasteiger partial charge on any atom is -0.315 e. The van der Waals surface area contributed by atoms with Gasteiger partial charge in [-0.15, -0.1) is 0 Å². The van der Waals surface area contributed by atoms with Gasteiger partial charge < -0.3 is 5.32 Å². The van der Waals surface area contributed by atoms with Crippen molar-refractivity contribution in [2.75, 3.05) is 19.6 Å². The molecule has 4 nitrogen and oxygen atoms in total. The standard InChI is InChI=1S/C10H22N2O2S/c1-3-9(4-2)7-12-15(13,14)10-5-6-11-8-10/h9-12H,3-8H2,1-2H3. The number of nitrogens with one attached hydrogen (secondary N) is 2. The molecule has 1 aliphatic rings. The molecule has 5 heteroatoms. The molecule has 0 amide bonds. The minimum atomic E-state index is -3.09. The van der Waals surface area contributed by atoms with Crippen molar-refractivity contribution < 1.29 is 8.42 Å². The van der Waals surface area contributed by atoms with Gasteiger partial charge in [0.05, 0.1) is 5.25 Å². The lowest BCUT2D eigenvalue weighted by molar-refractivity contribution is 0.476. The minimum absolute atomic E-state index is 0.230. The maximum atomic E-state index is 11.8. The molecule has 0 radical (unpaired) electrons. The van der Waals surface area contributed by atoms with Crippen molar-refractivity contribution in [3.8, 4) is 0 Å². The van der Waals surface area contributed by atoms with Crippen molar-refractivity contribution in [1.29, 1.82) is 0 Å². The molecule has 1 heterocycles. The molecule has 0 spiro atoms. The Kier molecular flexibility index (Phi) is 5.02. The Balaban J connectivity index is 2.42. The van der Waals surface area contributed by atoms with Crippen molar-refractivity contribution in [2.24, 2.45) is 5.92 Å². The van der Waals surface area contributed by atoms with Crippen molar-refractivity contribution in [2.45, 2.75) is 38.4 Å². The van der Waals surface area contributed by atoms with E-state index in [-0.39, 0.29) is 5.25 Å². The molecular weight excluding hydrogens is 212 g/mol. The molecule has 2 N–H and O–H groups in total. The van der Waals surface area contributed by atoms with Crippen LogP contribution < -0.4 is 10.0 Å². The van der Waals surface area contributed by atoms with Gasteiger partial charge in [0.15, 0.2) is 0 Å². The van der Waals surface area contributed by atoms with E-state index in [0.717, 1.165) is 25.8 Å². The third-order valence-corrected chi connectivity index (χ3v) is 5.03. The van der Waals surface area contributed by atoms with Crippen molar-refractivity contribution in [3.05, 3.63) is 0 Å². The first-order chi connectivity index (χ1) is 7.10. The lowest BCUT2D eigenvalue weighted by Crippen LogP contribution is -2.38. The summed E-state index contributed by atoms with van der Waals surface area (Å²) in [6.07, 6.45) is 2.79.